The van der Waals surface area contributed by atoms with Crippen molar-refractivity contribution in [3.8, 4) is 0 Å². The molecular formula is C18H29N. The van der Waals surface area contributed by atoms with E-state index in [-0.39, 0.29) is 0 Å². The second-order valence-electron chi connectivity index (χ2n) is 6.63. The zero-order valence-corrected chi connectivity index (χ0v) is 12.7. The summed E-state index contributed by atoms with van der Waals surface area (Å²) in [5.74, 6) is 2.27. The number of benzene rings is 1. The molecule has 1 heteroatoms. The van der Waals surface area contributed by atoms with E-state index in [4.69, 9.17) is 0 Å². The SMILES string of the molecule is CC1CCC(NCC(c2ccccc2)C(C)C)CC1. The molecule has 106 valence electrons. The van der Waals surface area contributed by atoms with Crippen LogP contribution in [0.4, 0.5) is 0 Å². The van der Waals surface area contributed by atoms with Gasteiger partial charge in [0.15, 0.2) is 0 Å². The fraction of sp³-hybridized carbons (Fsp3) is 0.667. The minimum absolute atomic E-state index is 0.639. The Morgan fingerprint density at radius 1 is 1.05 bits per heavy atom. The highest BCUT2D eigenvalue weighted by atomic mass is 14.9. The Morgan fingerprint density at radius 2 is 1.68 bits per heavy atom. The van der Waals surface area contributed by atoms with E-state index in [1.165, 1.54) is 31.2 Å². The molecule has 1 aliphatic carbocycles. The molecule has 0 heterocycles. The van der Waals surface area contributed by atoms with E-state index < -0.39 is 0 Å². The molecule has 1 aliphatic rings. The summed E-state index contributed by atoms with van der Waals surface area (Å²) < 4.78 is 0. The van der Waals surface area contributed by atoms with E-state index in [2.05, 4.69) is 56.4 Å². The van der Waals surface area contributed by atoms with Crippen molar-refractivity contribution >= 4 is 0 Å². The fourth-order valence-corrected chi connectivity index (χ4v) is 3.20. The van der Waals surface area contributed by atoms with Crippen molar-refractivity contribution in [2.75, 3.05) is 6.54 Å². The van der Waals surface area contributed by atoms with Crippen molar-refractivity contribution in [3.05, 3.63) is 35.9 Å². The van der Waals surface area contributed by atoms with Crippen LogP contribution < -0.4 is 5.32 Å². The zero-order chi connectivity index (χ0) is 13.7. The summed E-state index contributed by atoms with van der Waals surface area (Å²) in [4.78, 5) is 0. The van der Waals surface area contributed by atoms with Gasteiger partial charge in [0, 0.05) is 12.6 Å². The van der Waals surface area contributed by atoms with Crippen LogP contribution in [0.15, 0.2) is 30.3 Å². The van der Waals surface area contributed by atoms with Crippen LogP contribution in [0.5, 0.6) is 0 Å². The summed E-state index contributed by atoms with van der Waals surface area (Å²) in [6.07, 6.45) is 5.52. The Kier molecular flexibility index (Phi) is 5.45. The molecule has 1 saturated carbocycles. The molecule has 0 spiro atoms. The summed E-state index contributed by atoms with van der Waals surface area (Å²) in [5.41, 5.74) is 1.48. The highest BCUT2D eigenvalue weighted by molar-refractivity contribution is 5.20. The topological polar surface area (TPSA) is 12.0 Å². The lowest BCUT2D eigenvalue weighted by molar-refractivity contribution is 0.296. The summed E-state index contributed by atoms with van der Waals surface area (Å²) in [6.45, 7) is 8.18. The van der Waals surface area contributed by atoms with E-state index in [1.807, 2.05) is 0 Å². The molecule has 0 aromatic heterocycles. The van der Waals surface area contributed by atoms with Gasteiger partial charge in [-0.05, 0) is 49.0 Å². The maximum atomic E-state index is 3.82. The van der Waals surface area contributed by atoms with E-state index in [0.717, 1.165) is 18.5 Å². The van der Waals surface area contributed by atoms with Gasteiger partial charge in [0.1, 0.15) is 0 Å². The van der Waals surface area contributed by atoms with Gasteiger partial charge >= 0.3 is 0 Å². The van der Waals surface area contributed by atoms with Crippen LogP contribution >= 0.6 is 0 Å². The van der Waals surface area contributed by atoms with Crippen molar-refractivity contribution < 1.29 is 0 Å². The summed E-state index contributed by atoms with van der Waals surface area (Å²) in [6, 6.07) is 11.7. The Balaban J connectivity index is 1.88. The number of nitrogens with one attached hydrogen (secondary N) is 1. The quantitative estimate of drug-likeness (QED) is 0.815. The summed E-state index contributed by atoms with van der Waals surface area (Å²) in [5, 5.41) is 3.82. The van der Waals surface area contributed by atoms with Crippen LogP contribution in [0.2, 0.25) is 0 Å². The molecule has 0 saturated heterocycles. The minimum Gasteiger partial charge on any atom is -0.313 e. The molecule has 0 radical (unpaired) electrons. The van der Waals surface area contributed by atoms with E-state index in [1.54, 1.807) is 0 Å². The van der Waals surface area contributed by atoms with Crippen molar-refractivity contribution in [1.82, 2.24) is 5.32 Å². The first-order chi connectivity index (χ1) is 9.16. The monoisotopic (exact) mass is 259 g/mol. The molecule has 1 fully saturated rings. The average molecular weight is 259 g/mol. The van der Waals surface area contributed by atoms with E-state index >= 15 is 0 Å². The molecular weight excluding hydrogens is 230 g/mol. The van der Waals surface area contributed by atoms with Crippen molar-refractivity contribution in [3.63, 3.8) is 0 Å². The molecule has 0 amide bonds. The van der Waals surface area contributed by atoms with Crippen LogP contribution in [0.3, 0.4) is 0 Å². The van der Waals surface area contributed by atoms with Crippen molar-refractivity contribution in [2.45, 2.75) is 58.4 Å². The molecule has 2 rings (SSSR count). The molecule has 1 aromatic carbocycles. The molecule has 1 atom stereocenters. The largest absolute Gasteiger partial charge is 0.313 e. The number of hydrogen-bond acceptors (Lipinski definition) is 1. The molecule has 1 nitrogen and oxygen atoms in total. The highest BCUT2D eigenvalue weighted by Gasteiger charge is 2.21. The Morgan fingerprint density at radius 3 is 2.26 bits per heavy atom. The predicted molar refractivity (Wildman–Crippen MR) is 83.4 cm³/mol. The van der Waals surface area contributed by atoms with Gasteiger partial charge in [0.25, 0.3) is 0 Å². The maximum absolute atomic E-state index is 3.82. The second-order valence-corrected chi connectivity index (χ2v) is 6.63. The van der Waals surface area contributed by atoms with Crippen LogP contribution in [0, 0.1) is 11.8 Å². The Bertz CT molecular complexity index is 349. The Labute approximate surface area is 118 Å². The third-order valence-corrected chi connectivity index (χ3v) is 4.67. The Hall–Kier alpha value is -0.820. The molecule has 1 unspecified atom stereocenters. The molecule has 0 aliphatic heterocycles. The van der Waals surface area contributed by atoms with Gasteiger partial charge in [-0.3, -0.25) is 0 Å². The minimum atomic E-state index is 0.639. The van der Waals surface area contributed by atoms with Crippen molar-refractivity contribution in [2.24, 2.45) is 11.8 Å². The van der Waals surface area contributed by atoms with Gasteiger partial charge < -0.3 is 5.32 Å². The first-order valence-corrected chi connectivity index (χ1v) is 7.95. The van der Waals surface area contributed by atoms with E-state index in [9.17, 15) is 0 Å². The lowest BCUT2D eigenvalue weighted by Gasteiger charge is -2.30. The lowest BCUT2D eigenvalue weighted by atomic mass is 9.85. The fourth-order valence-electron chi connectivity index (χ4n) is 3.20. The average Bonchev–Trinajstić information content (AvgIpc) is 2.42. The smallest absolute Gasteiger partial charge is 0.00675 e. The van der Waals surface area contributed by atoms with Gasteiger partial charge in [-0.1, -0.05) is 51.1 Å². The normalized spacial score (nSPS) is 25.5. The lowest BCUT2D eigenvalue weighted by Crippen LogP contribution is -2.36. The molecule has 1 N–H and O–H groups in total. The number of rotatable bonds is 5. The van der Waals surface area contributed by atoms with Gasteiger partial charge in [0.05, 0.1) is 0 Å². The molecule has 0 bridgehead atoms. The third kappa shape index (κ3) is 4.35. The number of hydrogen-bond donors (Lipinski definition) is 1. The summed E-state index contributed by atoms with van der Waals surface area (Å²) >= 11 is 0. The highest BCUT2D eigenvalue weighted by Crippen LogP contribution is 2.26. The summed E-state index contributed by atoms with van der Waals surface area (Å²) in [7, 11) is 0. The van der Waals surface area contributed by atoms with Crippen LogP contribution in [0.25, 0.3) is 0 Å². The van der Waals surface area contributed by atoms with Crippen molar-refractivity contribution in [1.29, 1.82) is 0 Å². The van der Waals surface area contributed by atoms with E-state index in [0.29, 0.717) is 11.8 Å². The zero-order valence-electron chi connectivity index (χ0n) is 12.7. The maximum Gasteiger partial charge on any atom is 0.00675 e. The third-order valence-electron chi connectivity index (χ3n) is 4.67. The first-order valence-electron chi connectivity index (χ1n) is 7.95. The second kappa shape index (κ2) is 7.09. The first kappa shape index (κ1) is 14.6. The van der Waals surface area contributed by atoms with Gasteiger partial charge in [-0.2, -0.15) is 0 Å². The standard InChI is InChI=1S/C18H29N/c1-14(2)18(16-7-5-4-6-8-16)13-19-17-11-9-15(3)10-12-17/h4-8,14-15,17-19H,9-13H2,1-3H3. The predicted octanol–water partition coefficient (Wildman–Crippen LogP) is 4.59. The van der Waals surface area contributed by atoms with Crippen LogP contribution in [0.1, 0.15) is 57.9 Å². The molecule has 19 heavy (non-hydrogen) atoms. The van der Waals surface area contributed by atoms with Gasteiger partial charge in [-0.25, -0.2) is 0 Å². The van der Waals surface area contributed by atoms with Crippen LogP contribution in [-0.2, 0) is 0 Å². The van der Waals surface area contributed by atoms with Crippen LogP contribution in [-0.4, -0.2) is 12.6 Å². The molecule has 1 aromatic rings. The van der Waals surface area contributed by atoms with Gasteiger partial charge in [0.2, 0.25) is 0 Å². The van der Waals surface area contributed by atoms with Gasteiger partial charge in [-0.15, -0.1) is 0 Å².